The zero-order valence-electron chi connectivity index (χ0n) is 10.4. The lowest BCUT2D eigenvalue weighted by atomic mass is 10.1. The molecular formula is C13H13FN4S. The number of rotatable bonds is 4. The number of nitrogens with one attached hydrogen (secondary N) is 1. The molecule has 2 aromatic rings. The number of aromatic nitrogens is 2. The second-order valence-electron chi connectivity index (χ2n) is 4.05. The Morgan fingerprint density at radius 2 is 2.05 bits per heavy atom. The lowest BCUT2D eigenvalue weighted by Crippen LogP contribution is -2.11. The maximum absolute atomic E-state index is 13.8. The zero-order chi connectivity index (χ0) is 13.8. The van der Waals surface area contributed by atoms with Crippen LogP contribution in [0.4, 0.5) is 4.39 Å². The van der Waals surface area contributed by atoms with Gasteiger partial charge in [-0.15, -0.1) is 0 Å². The van der Waals surface area contributed by atoms with Gasteiger partial charge in [-0.3, -0.25) is 5.41 Å². The molecule has 1 heterocycles. The molecule has 0 radical (unpaired) electrons. The standard InChI is InChI=1S/C13H13FN4S/c1-8-5-17-13(18-6-8)19-7-10-3-2-9(12(15)16)4-11(10)14/h2-6H,7H2,1H3,(H3,15,16). The molecule has 0 spiro atoms. The van der Waals surface area contributed by atoms with Crippen molar-refractivity contribution < 1.29 is 4.39 Å². The van der Waals surface area contributed by atoms with Gasteiger partial charge in [0.05, 0.1) is 0 Å². The molecule has 2 rings (SSSR count). The number of aryl methyl sites for hydroxylation is 1. The van der Waals surface area contributed by atoms with Gasteiger partial charge < -0.3 is 5.73 Å². The van der Waals surface area contributed by atoms with Crippen LogP contribution in [-0.4, -0.2) is 15.8 Å². The first-order valence-electron chi connectivity index (χ1n) is 5.60. The number of hydrogen-bond donors (Lipinski definition) is 2. The van der Waals surface area contributed by atoms with Crippen molar-refractivity contribution in [2.24, 2.45) is 5.73 Å². The molecule has 0 aliphatic rings. The SMILES string of the molecule is Cc1cnc(SCc2ccc(C(=N)N)cc2F)nc1. The van der Waals surface area contributed by atoms with Crippen molar-refractivity contribution in [1.29, 1.82) is 5.41 Å². The minimum absolute atomic E-state index is 0.139. The Bertz CT molecular complexity index is 598. The zero-order valence-corrected chi connectivity index (χ0v) is 11.2. The van der Waals surface area contributed by atoms with Gasteiger partial charge in [0, 0.05) is 23.7 Å². The van der Waals surface area contributed by atoms with Crippen LogP contribution in [0.15, 0.2) is 35.7 Å². The molecule has 0 atom stereocenters. The molecule has 0 saturated carbocycles. The predicted octanol–water partition coefficient (Wildman–Crippen LogP) is 2.50. The molecule has 19 heavy (non-hydrogen) atoms. The van der Waals surface area contributed by atoms with Crippen LogP contribution in [0, 0.1) is 18.2 Å². The molecule has 4 nitrogen and oxygen atoms in total. The molecular weight excluding hydrogens is 263 g/mol. The lowest BCUT2D eigenvalue weighted by Gasteiger charge is -2.05. The number of nitrogens with two attached hydrogens (primary N) is 1. The molecule has 3 N–H and O–H groups in total. The van der Waals surface area contributed by atoms with Gasteiger partial charge in [0.2, 0.25) is 0 Å². The smallest absolute Gasteiger partial charge is 0.187 e. The van der Waals surface area contributed by atoms with E-state index in [1.54, 1.807) is 24.5 Å². The van der Waals surface area contributed by atoms with E-state index in [4.69, 9.17) is 11.1 Å². The van der Waals surface area contributed by atoms with Crippen molar-refractivity contribution in [2.45, 2.75) is 17.8 Å². The molecule has 0 saturated heterocycles. The largest absolute Gasteiger partial charge is 0.384 e. The highest BCUT2D eigenvalue weighted by Gasteiger charge is 2.07. The topological polar surface area (TPSA) is 75.7 Å². The van der Waals surface area contributed by atoms with Crippen LogP contribution in [0.2, 0.25) is 0 Å². The average Bonchev–Trinajstić information content (AvgIpc) is 2.39. The summed E-state index contributed by atoms with van der Waals surface area (Å²) in [4.78, 5) is 8.29. The van der Waals surface area contributed by atoms with Gasteiger partial charge in [0.25, 0.3) is 0 Å². The number of thioether (sulfide) groups is 1. The molecule has 0 aliphatic heterocycles. The molecule has 0 aliphatic carbocycles. The number of nitrogens with zero attached hydrogens (tertiary/aromatic N) is 2. The Balaban J connectivity index is 2.07. The summed E-state index contributed by atoms with van der Waals surface area (Å²) in [5, 5.41) is 7.86. The lowest BCUT2D eigenvalue weighted by molar-refractivity contribution is 0.617. The van der Waals surface area contributed by atoms with Crippen molar-refractivity contribution in [1.82, 2.24) is 9.97 Å². The summed E-state index contributed by atoms with van der Waals surface area (Å²) in [6.45, 7) is 1.91. The van der Waals surface area contributed by atoms with Crippen LogP contribution in [0.1, 0.15) is 16.7 Å². The van der Waals surface area contributed by atoms with Crippen molar-refractivity contribution in [3.05, 3.63) is 53.1 Å². The van der Waals surface area contributed by atoms with Gasteiger partial charge in [0.1, 0.15) is 11.7 Å². The first kappa shape index (κ1) is 13.5. The summed E-state index contributed by atoms with van der Waals surface area (Å²) < 4.78 is 13.8. The molecule has 0 unspecified atom stereocenters. The van der Waals surface area contributed by atoms with Crippen LogP contribution in [-0.2, 0) is 5.75 Å². The fourth-order valence-corrected chi connectivity index (χ4v) is 2.20. The van der Waals surface area contributed by atoms with E-state index >= 15 is 0 Å². The number of amidine groups is 1. The summed E-state index contributed by atoms with van der Waals surface area (Å²) in [6.07, 6.45) is 3.45. The number of hydrogen-bond acceptors (Lipinski definition) is 4. The van der Waals surface area contributed by atoms with Crippen LogP contribution < -0.4 is 5.73 Å². The minimum atomic E-state index is -0.368. The van der Waals surface area contributed by atoms with E-state index in [2.05, 4.69) is 9.97 Å². The summed E-state index contributed by atoms with van der Waals surface area (Å²) in [6, 6.07) is 4.54. The second-order valence-corrected chi connectivity index (χ2v) is 4.99. The van der Waals surface area contributed by atoms with Gasteiger partial charge in [-0.2, -0.15) is 0 Å². The minimum Gasteiger partial charge on any atom is -0.384 e. The summed E-state index contributed by atoms with van der Waals surface area (Å²) >= 11 is 1.36. The van der Waals surface area contributed by atoms with Gasteiger partial charge >= 0.3 is 0 Å². The maximum atomic E-state index is 13.8. The highest BCUT2D eigenvalue weighted by atomic mass is 32.2. The van der Waals surface area contributed by atoms with Gasteiger partial charge in [-0.05, 0) is 24.1 Å². The van der Waals surface area contributed by atoms with E-state index in [0.717, 1.165) is 5.56 Å². The Labute approximate surface area is 114 Å². The monoisotopic (exact) mass is 276 g/mol. The van der Waals surface area contributed by atoms with Crippen molar-refractivity contribution in [3.8, 4) is 0 Å². The third-order valence-corrected chi connectivity index (χ3v) is 3.40. The van der Waals surface area contributed by atoms with Crippen LogP contribution >= 0.6 is 11.8 Å². The Hall–Kier alpha value is -1.95. The van der Waals surface area contributed by atoms with Gasteiger partial charge in [0.15, 0.2) is 5.16 Å². The normalized spacial score (nSPS) is 10.4. The van der Waals surface area contributed by atoms with E-state index in [1.165, 1.54) is 17.8 Å². The van der Waals surface area contributed by atoms with Gasteiger partial charge in [-0.25, -0.2) is 14.4 Å². The van der Waals surface area contributed by atoms with Crippen LogP contribution in [0.5, 0.6) is 0 Å². The van der Waals surface area contributed by atoms with Crippen LogP contribution in [0.25, 0.3) is 0 Å². The summed E-state index contributed by atoms with van der Waals surface area (Å²) in [5.74, 6) is -0.0696. The molecule has 0 fully saturated rings. The Kier molecular flexibility index (Phi) is 4.11. The molecule has 0 bridgehead atoms. The number of benzene rings is 1. The number of halogens is 1. The van der Waals surface area contributed by atoms with Crippen molar-refractivity contribution in [2.75, 3.05) is 0 Å². The quantitative estimate of drug-likeness (QED) is 0.389. The maximum Gasteiger partial charge on any atom is 0.187 e. The molecule has 6 heteroatoms. The summed E-state index contributed by atoms with van der Waals surface area (Å²) in [7, 11) is 0. The average molecular weight is 276 g/mol. The second kappa shape index (κ2) is 5.79. The van der Waals surface area contributed by atoms with Crippen LogP contribution in [0.3, 0.4) is 0 Å². The van der Waals surface area contributed by atoms with Crippen molar-refractivity contribution in [3.63, 3.8) is 0 Å². The molecule has 1 aromatic heterocycles. The molecule has 0 amide bonds. The van der Waals surface area contributed by atoms with Gasteiger partial charge in [-0.1, -0.05) is 23.9 Å². The predicted molar refractivity (Wildman–Crippen MR) is 73.7 cm³/mol. The van der Waals surface area contributed by atoms with Crippen molar-refractivity contribution >= 4 is 17.6 Å². The van der Waals surface area contributed by atoms with E-state index in [1.807, 2.05) is 6.92 Å². The van der Waals surface area contributed by atoms with E-state index in [9.17, 15) is 4.39 Å². The first-order chi connectivity index (χ1) is 9.06. The highest BCUT2D eigenvalue weighted by molar-refractivity contribution is 7.98. The Morgan fingerprint density at radius 3 is 2.63 bits per heavy atom. The highest BCUT2D eigenvalue weighted by Crippen LogP contribution is 2.21. The molecule has 98 valence electrons. The Morgan fingerprint density at radius 1 is 1.37 bits per heavy atom. The number of nitrogen functional groups attached to an aromatic ring is 1. The van der Waals surface area contributed by atoms with E-state index < -0.39 is 0 Å². The van der Waals surface area contributed by atoms with E-state index in [-0.39, 0.29) is 11.7 Å². The van der Waals surface area contributed by atoms with E-state index in [0.29, 0.717) is 22.0 Å². The third kappa shape index (κ3) is 3.51. The molecule has 1 aromatic carbocycles. The fourth-order valence-electron chi connectivity index (χ4n) is 1.43. The first-order valence-corrected chi connectivity index (χ1v) is 6.59. The summed E-state index contributed by atoms with van der Waals surface area (Å²) in [5.41, 5.74) is 7.22. The third-order valence-electron chi connectivity index (χ3n) is 2.48. The fraction of sp³-hybridized carbons (Fsp3) is 0.154.